The summed E-state index contributed by atoms with van der Waals surface area (Å²) in [6.07, 6.45) is 2.86. The van der Waals surface area contributed by atoms with Crippen LogP contribution in [0.3, 0.4) is 0 Å². The molecule has 27 heavy (non-hydrogen) atoms. The summed E-state index contributed by atoms with van der Waals surface area (Å²) in [5.74, 6) is -0.537. The highest BCUT2D eigenvalue weighted by Crippen LogP contribution is 2.43. The standard InChI is InChI=1S/C22H25ClN2O2/c1-13-8-20-17(14(2)11-22(3,4)25(20)5)9-16(13)12-24-19-10-15(21(26)27)6-7-18(19)23/h6-10,12,14H,11H2,1-5H3,(H,26,27). The molecule has 3 rings (SSSR count). The molecule has 1 N–H and O–H groups in total. The first-order valence-corrected chi connectivity index (χ1v) is 9.43. The summed E-state index contributed by atoms with van der Waals surface area (Å²) in [4.78, 5) is 18.0. The van der Waals surface area contributed by atoms with E-state index in [2.05, 4.69) is 56.8 Å². The maximum Gasteiger partial charge on any atom is 0.335 e. The monoisotopic (exact) mass is 384 g/mol. The molecule has 142 valence electrons. The maximum absolute atomic E-state index is 11.2. The van der Waals surface area contributed by atoms with Crippen molar-refractivity contribution in [1.29, 1.82) is 0 Å². The molecular weight excluding hydrogens is 360 g/mol. The number of benzene rings is 2. The zero-order valence-corrected chi connectivity index (χ0v) is 17.1. The lowest BCUT2D eigenvalue weighted by molar-refractivity contribution is 0.0697. The fourth-order valence-electron chi connectivity index (χ4n) is 3.76. The van der Waals surface area contributed by atoms with E-state index in [1.54, 1.807) is 12.3 Å². The Morgan fingerprint density at radius 3 is 2.70 bits per heavy atom. The number of hydrogen-bond donors (Lipinski definition) is 1. The lowest BCUT2D eigenvalue weighted by atomic mass is 9.79. The molecule has 2 aromatic carbocycles. The predicted octanol–water partition coefficient (Wildman–Crippen LogP) is 5.82. The largest absolute Gasteiger partial charge is 0.478 e. The summed E-state index contributed by atoms with van der Waals surface area (Å²) in [6, 6.07) is 8.94. The highest BCUT2D eigenvalue weighted by molar-refractivity contribution is 6.33. The van der Waals surface area contributed by atoms with Gasteiger partial charge in [0.2, 0.25) is 0 Å². The third-order valence-electron chi connectivity index (χ3n) is 5.56. The molecule has 0 saturated carbocycles. The maximum atomic E-state index is 11.2. The number of carboxylic acids is 1. The van der Waals surface area contributed by atoms with E-state index < -0.39 is 5.97 Å². The molecule has 4 nitrogen and oxygen atoms in total. The molecule has 1 unspecified atom stereocenters. The molecule has 0 saturated heterocycles. The van der Waals surface area contributed by atoms with Crippen molar-refractivity contribution in [2.24, 2.45) is 4.99 Å². The van der Waals surface area contributed by atoms with Crippen LogP contribution in [0, 0.1) is 6.92 Å². The number of rotatable bonds is 3. The molecule has 0 spiro atoms. The topological polar surface area (TPSA) is 52.9 Å². The van der Waals surface area contributed by atoms with Crippen molar-refractivity contribution in [3.05, 3.63) is 57.6 Å². The lowest BCUT2D eigenvalue weighted by Gasteiger charge is -2.45. The number of halogens is 1. The SMILES string of the molecule is Cc1cc2c(cc1C=Nc1cc(C(=O)O)ccc1Cl)C(C)CC(C)(C)N2C. The van der Waals surface area contributed by atoms with Crippen LogP contribution in [0.15, 0.2) is 35.3 Å². The van der Waals surface area contributed by atoms with Gasteiger partial charge in [-0.15, -0.1) is 0 Å². The molecule has 1 aliphatic heterocycles. The smallest absolute Gasteiger partial charge is 0.335 e. The number of aliphatic imine (C=N–C) groups is 1. The van der Waals surface area contributed by atoms with Crippen LogP contribution >= 0.6 is 11.6 Å². The Morgan fingerprint density at radius 2 is 2.04 bits per heavy atom. The van der Waals surface area contributed by atoms with Crippen LogP contribution in [-0.2, 0) is 0 Å². The van der Waals surface area contributed by atoms with Crippen LogP contribution in [0.5, 0.6) is 0 Å². The molecule has 5 heteroatoms. The number of carbonyl (C=O) groups is 1. The van der Waals surface area contributed by atoms with Crippen LogP contribution < -0.4 is 4.90 Å². The third kappa shape index (κ3) is 3.72. The summed E-state index contributed by atoms with van der Waals surface area (Å²) in [7, 11) is 2.15. The van der Waals surface area contributed by atoms with Crippen LogP contribution in [0.25, 0.3) is 0 Å². The minimum Gasteiger partial charge on any atom is -0.478 e. The zero-order valence-electron chi connectivity index (χ0n) is 16.4. The molecule has 2 aromatic rings. The first kappa shape index (κ1) is 19.4. The number of aromatic carboxylic acids is 1. The molecule has 1 heterocycles. The van der Waals surface area contributed by atoms with Crippen molar-refractivity contribution in [2.45, 2.75) is 45.6 Å². The summed E-state index contributed by atoms with van der Waals surface area (Å²) in [5.41, 5.74) is 5.48. The van der Waals surface area contributed by atoms with Gasteiger partial charge in [-0.2, -0.15) is 0 Å². The van der Waals surface area contributed by atoms with Crippen molar-refractivity contribution >= 4 is 35.2 Å². The summed E-state index contributed by atoms with van der Waals surface area (Å²) >= 11 is 6.18. The van der Waals surface area contributed by atoms with Crippen LogP contribution in [-0.4, -0.2) is 29.9 Å². The van der Waals surface area contributed by atoms with Gasteiger partial charge >= 0.3 is 5.97 Å². The van der Waals surface area contributed by atoms with E-state index in [0.717, 1.165) is 17.5 Å². The third-order valence-corrected chi connectivity index (χ3v) is 5.88. The van der Waals surface area contributed by atoms with E-state index >= 15 is 0 Å². The normalized spacial score (nSPS) is 18.6. The van der Waals surface area contributed by atoms with Crippen LogP contribution in [0.2, 0.25) is 5.02 Å². The van der Waals surface area contributed by atoms with Gasteiger partial charge in [-0.05, 0) is 80.1 Å². The molecule has 0 bridgehead atoms. The van der Waals surface area contributed by atoms with Gasteiger partial charge in [0.1, 0.15) is 0 Å². The van der Waals surface area contributed by atoms with Crippen LogP contribution in [0.4, 0.5) is 11.4 Å². The number of anilines is 1. The number of nitrogens with zero attached hydrogens (tertiary/aromatic N) is 2. The number of carboxylic acid groups (broad SMARTS) is 1. The van der Waals surface area contributed by atoms with Gasteiger partial charge in [0, 0.05) is 24.5 Å². The minimum absolute atomic E-state index is 0.124. The molecular formula is C22H25ClN2O2. The Bertz CT molecular complexity index is 934. The molecule has 1 aliphatic rings. The van der Waals surface area contributed by atoms with Gasteiger partial charge in [-0.25, -0.2) is 4.79 Å². The Morgan fingerprint density at radius 1 is 1.33 bits per heavy atom. The van der Waals surface area contributed by atoms with Crippen LogP contribution in [0.1, 0.15) is 60.2 Å². The quantitative estimate of drug-likeness (QED) is 0.678. The predicted molar refractivity (Wildman–Crippen MR) is 112 cm³/mol. The van der Waals surface area contributed by atoms with E-state index in [1.165, 1.54) is 23.4 Å². The fraction of sp³-hybridized carbons (Fsp3) is 0.364. The molecule has 0 radical (unpaired) electrons. The Kier molecular flexibility index (Phi) is 5.04. The molecule has 0 aliphatic carbocycles. The van der Waals surface area contributed by atoms with E-state index in [-0.39, 0.29) is 11.1 Å². The summed E-state index contributed by atoms with van der Waals surface area (Å²) < 4.78 is 0. The second-order valence-corrected chi connectivity index (χ2v) is 8.38. The van der Waals surface area contributed by atoms with Crippen molar-refractivity contribution in [2.75, 3.05) is 11.9 Å². The first-order valence-electron chi connectivity index (χ1n) is 9.05. The van der Waals surface area contributed by atoms with Gasteiger partial charge in [-0.1, -0.05) is 18.5 Å². The molecule has 0 amide bonds. The van der Waals surface area contributed by atoms with E-state index in [0.29, 0.717) is 16.6 Å². The van der Waals surface area contributed by atoms with E-state index in [4.69, 9.17) is 16.7 Å². The second-order valence-electron chi connectivity index (χ2n) is 7.97. The molecule has 1 atom stereocenters. The van der Waals surface area contributed by atoms with Crippen molar-refractivity contribution in [1.82, 2.24) is 0 Å². The highest BCUT2D eigenvalue weighted by atomic mass is 35.5. The van der Waals surface area contributed by atoms with Gasteiger partial charge in [0.25, 0.3) is 0 Å². The minimum atomic E-state index is -0.993. The Labute approximate surface area is 165 Å². The van der Waals surface area contributed by atoms with Gasteiger partial charge in [0.05, 0.1) is 16.3 Å². The van der Waals surface area contributed by atoms with Crippen molar-refractivity contribution in [3.8, 4) is 0 Å². The summed E-state index contributed by atoms with van der Waals surface area (Å²) in [5, 5.41) is 9.59. The fourth-order valence-corrected chi connectivity index (χ4v) is 3.92. The Balaban J connectivity index is 2.00. The number of fused-ring (bicyclic) bond motifs is 1. The number of hydrogen-bond acceptors (Lipinski definition) is 3. The van der Waals surface area contributed by atoms with Gasteiger partial charge < -0.3 is 10.0 Å². The second kappa shape index (κ2) is 7.01. The Hall–Kier alpha value is -2.33. The van der Waals surface area contributed by atoms with E-state index in [9.17, 15) is 4.79 Å². The zero-order chi connectivity index (χ0) is 19.9. The van der Waals surface area contributed by atoms with Gasteiger partial charge in [0.15, 0.2) is 0 Å². The average Bonchev–Trinajstić information content (AvgIpc) is 2.59. The molecule has 0 aromatic heterocycles. The summed E-state index contributed by atoms with van der Waals surface area (Å²) in [6.45, 7) is 8.87. The highest BCUT2D eigenvalue weighted by Gasteiger charge is 2.34. The van der Waals surface area contributed by atoms with E-state index in [1.807, 2.05) is 0 Å². The van der Waals surface area contributed by atoms with Gasteiger partial charge in [-0.3, -0.25) is 4.99 Å². The first-order chi connectivity index (χ1) is 12.6. The van der Waals surface area contributed by atoms with Crippen molar-refractivity contribution in [3.63, 3.8) is 0 Å². The van der Waals surface area contributed by atoms with Crippen molar-refractivity contribution < 1.29 is 9.90 Å². The number of aryl methyl sites for hydroxylation is 1. The average molecular weight is 385 g/mol. The molecule has 0 fully saturated rings. The lowest BCUT2D eigenvalue weighted by Crippen LogP contribution is -2.45.